The van der Waals surface area contributed by atoms with Gasteiger partial charge >= 0.3 is 12.1 Å². The summed E-state index contributed by atoms with van der Waals surface area (Å²) in [6.07, 6.45) is -0.562. The average molecular weight is 395 g/mol. The lowest BCUT2D eigenvalue weighted by Gasteiger charge is -2.17. The van der Waals surface area contributed by atoms with Gasteiger partial charge in [-0.15, -0.1) is 0 Å². The van der Waals surface area contributed by atoms with Crippen LogP contribution in [0.1, 0.15) is 16.7 Å². The number of carbonyl (C=O) groups excluding carboxylic acids is 3. The molecule has 0 spiro atoms. The van der Waals surface area contributed by atoms with Crippen LogP contribution in [0.25, 0.3) is 0 Å². The zero-order chi connectivity index (χ0) is 21.1. The summed E-state index contributed by atoms with van der Waals surface area (Å²) >= 11 is 0. The topological polar surface area (TPSA) is 118 Å². The molecule has 8 nitrogen and oxygen atoms in total. The number of benzene rings is 2. The van der Waals surface area contributed by atoms with Crippen LogP contribution in [-0.2, 0) is 32.1 Å². The molecule has 2 rings (SSSR count). The molecule has 0 fully saturated rings. The van der Waals surface area contributed by atoms with E-state index in [1.54, 1.807) is 24.3 Å². The Morgan fingerprint density at radius 3 is 2.34 bits per heavy atom. The number of carbonyl (C=O) groups is 3. The number of alkyl carbamates (subject to hydrolysis) is 1. The zero-order valence-corrected chi connectivity index (χ0v) is 15.9. The van der Waals surface area contributed by atoms with Crippen molar-refractivity contribution in [3.05, 3.63) is 71.3 Å². The summed E-state index contributed by atoms with van der Waals surface area (Å²) in [6.45, 7) is -0.272. The van der Waals surface area contributed by atoms with E-state index < -0.39 is 24.0 Å². The quantitative estimate of drug-likeness (QED) is 0.657. The van der Waals surface area contributed by atoms with Gasteiger partial charge in [0.15, 0.2) is 0 Å². The van der Waals surface area contributed by atoms with E-state index in [0.29, 0.717) is 5.56 Å². The molecule has 0 aliphatic heterocycles. The third-order valence-corrected chi connectivity index (χ3v) is 3.95. The molecular formula is C21H21N3O5. The Bertz CT molecular complexity index is 875. The van der Waals surface area contributed by atoms with Crippen molar-refractivity contribution in [2.24, 2.45) is 0 Å². The largest absolute Gasteiger partial charge is 0.467 e. The average Bonchev–Trinajstić information content (AvgIpc) is 2.76. The molecule has 0 radical (unpaired) electrons. The van der Waals surface area contributed by atoms with Crippen LogP contribution in [0, 0.1) is 11.3 Å². The highest BCUT2D eigenvalue weighted by atomic mass is 16.5. The molecule has 1 atom stereocenters. The van der Waals surface area contributed by atoms with Crippen molar-refractivity contribution >= 4 is 18.0 Å². The molecule has 0 aliphatic carbocycles. The minimum Gasteiger partial charge on any atom is -0.467 e. The molecule has 2 amide bonds. The molecule has 0 aromatic heterocycles. The number of methoxy groups -OCH3 is 1. The van der Waals surface area contributed by atoms with Gasteiger partial charge in [-0.1, -0.05) is 42.5 Å². The summed E-state index contributed by atoms with van der Waals surface area (Å²) in [4.78, 5) is 35.8. The molecule has 2 aromatic rings. The van der Waals surface area contributed by atoms with Crippen LogP contribution in [0.4, 0.5) is 4.79 Å². The molecule has 150 valence electrons. The Morgan fingerprint density at radius 2 is 1.72 bits per heavy atom. The van der Waals surface area contributed by atoms with Gasteiger partial charge in [-0.25, -0.2) is 9.59 Å². The van der Waals surface area contributed by atoms with E-state index in [1.807, 2.05) is 36.4 Å². The van der Waals surface area contributed by atoms with Crippen LogP contribution in [0.5, 0.6) is 0 Å². The minimum absolute atomic E-state index is 0.0811. The van der Waals surface area contributed by atoms with Gasteiger partial charge in [-0.3, -0.25) is 4.79 Å². The van der Waals surface area contributed by atoms with Crippen molar-refractivity contribution < 1.29 is 23.9 Å². The maximum atomic E-state index is 12.1. The molecule has 0 saturated heterocycles. The lowest BCUT2D eigenvalue weighted by Crippen LogP contribution is -2.47. The molecule has 29 heavy (non-hydrogen) atoms. The van der Waals surface area contributed by atoms with Crippen LogP contribution < -0.4 is 10.6 Å². The molecule has 0 unspecified atom stereocenters. The van der Waals surface area contributed by atoms with Crippen molar-refractivity contribution in [1.82, 2.24) is 10.6 Å². The second-order valence-electron chi connectivity index (χ2n) is 6.07. The standard InChI is InChI=1S/C21H21N3O5/c1-28-20(26)18(11-15-7-9-16(12-22)10-8-15)24-19(25)13-23-21(27)29-14-17-5-3-2-4-6-17/h2-10,18H,11,13-14H2,1H3,(H,23,27)(H,24,25)/t18-/m0/s1. The molecule has 0 saturated carbocycles. The first kappa shape index (κ1) is 21.4. The number of amides is 2. The van der Waals surface area contributed by atoms with Crippen molar-refractivity contribution in [2.75, 3.05) is 13.7 Å². The lowest BCUT2D eigenvalue weighted by molar-refractivity contribution is -0.144. The summed E-state index contributed by atoms with van der Waals surface area (Å²) in [5, 5.41) is 13.7. The van der Waals surface area contributed by atoms with Crippen molar-refractivity contribution in [3.8, 4) is 6.07 Å². The highest BCUT2D eigenvalue weighted by Gasteiger charge is 2.22. The van der Waals surface area contributed by atoms with Crippen LogP contribution >= 0.6 is 0 Å². The third-order valence-electron chi connectivity index (χ3n) is 3.95. The van der Waals surface area contributed by atoms with Gasteiger partial charge < -0.3 is 20.1 Å². The number of nitrogens with one attached hydrogen (secondary N) is 2. The number of rotatable bonds is 8. The molecule has 8 heteroatoms. The van der Waals surface area contributed by atoms with E-state index in [-0.39, 0.29) is 19.6 Å². The van der Waals surface area contributed by atoms with Crippen LogP contribution in [0.3, 0.4) is 0 Å². The van der Waals surface area contributed by atoms with Gasteiger partial charge in [0, 0.05) is 6.42 Å². The summed E-state index contributed by atoms with van der Waals surface area (Å²) in [6, 6.07) is 16.8. The molecule has 0 aliphatic rings. The molecule has 0 heterocycles. The number of nitrogens with zero attached hydrogens (tertiary/aromatic N) is 1. The Hall–Kier alpha value is -3.86. The first-order valence-electron chi connectivity index (χ1n) is 8.82. The number of nitriles is 1. The first-order valence-corrected chi connectivity index (χ1v) is 8.82. The van der Waals surface area contributed by atoms with Gasteiger partial charge in [-0.05, 0) is 23.3 Å². The monoisotopic (exact) mass is 395 g/mol. The predicted molar refractivity (Wildman–Crippen MR) is 103 cm³/mol. The van der Waals surface area contributed by atoms with E-state index >= 15 is 0 Å². The summed E-state index contributed by atoms with van der Waals surface area (Å²) in [5.41, 5.74) is 2.06. The Kier molecular flexibility index (Phi) is 8.20. The highest BCUT2D eigenvalue weighted by molar-refractivity contribution is 5.87. The van der Waals surface area contributed by atoms with Gasteiger partial charge in [-0.2, -0.15) is 5.26 Å². The van der Waals surface area contributed by atoms with Gasteiger partial charge in [0.05, 0.1) is 18.7 Å². The van der Waals surface area contributed by atoms with Crippen molar-refractivity contribution in [3.63, 3.8) is 0 Å². The molecule has 2 aromatic carbocycles. The number of ether oxygens (including phenoxy) is 2. The van der Waals surface area contributed by atoms with Gasteiger partial charge in [0.25, 0.3) is 0 Å². The smallest absolute Gasteiger partial charge is 0.407 e. The fourth-order valence-electron chi connectivity index (χ4n) is 2.46. The fraction of sp³-hybridized carbons (Fsp3) is 0.238. The minimum atomic E-state index is -0.928. The first-order chi connectivity index (χ1) is 14.0. The normalized spacial score (nSPS) is 10.9. The van der Waals surface area contributed by atoms with E-state index in [0.717, 1.165) is 11.1 Å². The van der Waals surface area contributed by atoms with Crippen molar-refractivity contribution in [2.45, 2.75) is 19.1 Å². The van der Waals surface area contributed by atoms with Crippen LogP contribution in [0.15, 0.2) is 54.6 Å². The number of hydrogen-bond acceptors (Lipinski definition) is 6. The maximum absolute atomic E-state index is 12.1. The highest BCUT2D eigenvalue weighted by Crippen LogP contribution is 2.07. The van der Waals surface area contributed by atoms with Crippen molar-refractivity contribution in [1.29, 1.82) is 5.26 Å². The second kappa shape index (κ2) is 11.1. The second-order valence-corrected chi connectivity index (χ2v) is 6.07. The molecule has 0 bridgehead atoms. The summed E-state index contributed by atoms with van der Waals surface area (Å²) < 4.78 is 9.75. The Balaban J connectivity index is 1.83. The summed E-state index contributed by atoms with van der Waals surface area (Å²) in [5.74, 6) is -1.18. The summed E-state index contributed by atoms with van der Waals surface area (Å²) in [7, 11) is 1.22. The van der Waals surface area contributed by atoms with E-state index in [1.165, 1.54) is 7.11 Å². The lowest BCUT2D eigenvalue weighted by atomic mass is 10.0. The van der Waals surface area contributed by atoms with Crippen LogP contribution in [-0.4, -0.2) is 37.7 Å². The number of hydrogen-bond donors (Lipinski definition) is 2. The Labute approximate surface area is 168 Å². The predicted octanol–water partition coefficient (Wildman–Crippen LogP) is 1.68. The van der Waals surface area contributed by atoms with E-state index in [9.17, 15) is 14.4 Å². The maximum Gasteiger partial charge on any atom is 0.407 e. The fourth-order valence-corrected chi connectivity index (χ4v) is 2.46. The van der Waals surface area contributed by atoms with Gasteiger partial charge in [0.2, 0.25) is 5.91 Å². The molecular weight excluding hydrogens is 374 g/mol. The zero-order valence-electron chi connectivity index (χ0n) is 15.9. The SMILES string of the molecule is COC(=O)[C@H](Cc1ccc(C#N)cc1)NC(=O)CNC(=O)OCc1ccccc1. The van der Waals surface area contributed by atoms with Crippen LogP contribution in [0.2, 0.25) is 0 Å². The molecule has 2 N–H and O–H groups in total. The van der Waals surface area contributed by atoms with E-state index in [4.69, 9.17) is 14.7 Å². The number of esters is 1. The van der Waals surface area contributed by atoms with Gasteiger partial charge in [0.1, 0.15) is 19.2 Å². The van der Waals surface area contributed by atoms with E-state index in [2.05, 4.69) is 10.6 Å². The Morgan fingerprint density at radius 1 is 1.03 bits per heavy atom. The third kappa shape index (κ3) is 7.34.